The summed E-state index contributed by atoms with van der Waals surface area (Å²) in [6.45, 7) is 5.01. The van der Waals surface area contributed by atoms with E-state index >= 15 is 0 Å². The quantitative estimate of drug-likeness (QED) is 0.673. The molecule has 1 aliphatic carbocycles. The molecule has 0 aromatic heterocycles. The van der Waals surface area contributed by atoms with Gasteiger partial charge in [-0.15, -0.1) is 0 Å². The number of ether oxygens (including phenoxy) is 1. The molecule has 1 N–H and O–H groups in total. The van der Waals surface area contributed by atoms with Crippen LogP contribution in [0.4, 0.5) is 0 Å². The van der Waals surface area contributed by atoms with Crippen molar-refractivity contribution >= 4 is 17.7 Å². The molecule has 3 aliphatic rings. The molecule has 32 heavy (non-hydrogen) atoms. The highest BCUT2D eigenvalue weighted by molar-refractivity contribution is 5.82. The summed E-state index contributed by atoms with van der Waals surface area (Å²) in [4.78, 5) is 41.4. The van der Waals surface area contributed by atoms with Gasteiger partial charge in [-0.3, -0.25) is 14.4 Å². The Hall–Kier alpha value is -2.57. The Morgan fingerprint density at radius 3 is 2.31 bits per heavy atom. The zero-order chi connectivity index (χ0) is 22.5. The van der Waals surface area contributed by atoms with Gasteiger partial charge in [0.05, 0.1) is 6.04 Å². The fraction of sp³-hybridized carbons (Fsp3) is 0.640. The number of nitrogens with one attached hydrogen (secondary N) is 1. The summed E-state index contributed by atoms with van der Waals surface area (Å²) in [5.41, 5.74) is 0.902. The summed E-state index contributed by atoms with van der Waals surface area (Å²) in [5.74, 6) is 1.14. The number of piperidine rings is 1. The normalized spacial score (nSPS) is 20.2. The molecule has 1 unspecified atom stereocenters. The van der Waals surface area contributed by atoms with Gasteiger partial charge in [0.1, 0.15) is 5.75 Å². The molecule has 1 aromatic rings. The summed E-state index contributed by atoms with van der Waals surface area (Å²) in [6, 6.07) is 7.47. The van der Waals surface area contributed by atoms with Crippen molar-refractivity contribution in [1.82, 2.24) is 15.1 Å². The standard InChI is InChI=1S/C25H35N3O4/c1-2-21(26-24(30)18-11-15-28(16-12-18)25(31)19-9-10-19)20-7-3-4-8-22(20)32-17-23(29)27-13-5-6-14-27/h3-4,7-8,18-19,21H,2,5-6,9-17H2,1H3,(H,26,30). The number of carbonyl (C=O) groups is 3. The highest BCUT2D eigenvalue weighted by Crippen LogP contribution is 2.33. The Morgan fingerprint density at radius 1 is 0.969 bits per heavy atom. The second-order valence-corrected chi connectivity index (χ2v) is 9.26. The molecule has 174 valence electrons. The van der Waals surface area contributed by atoms with Crippen LogP contribution in [0.1, 0.15) is 63.5 Å². The second-order valence-electron chi connectivity index (χ2n) is 9.26. The van der Waals surface area contributed by atoms with Crippen LogP contribution < -0.4 is 10.1 Å². The zero-order valence-corrected chi connectivity index (χ0v) is 19.1. The molecule has 3 amide bonds. The SMILES string of the molecule is CCC(NC(=O)C1CCN(C(=O)C2CC2)CC1)c1ccccc1OCC(=O)N1CCCC1. The first-order valence-electron chi connectivity index (χ1n) is 12.2. The summed E-state index contributed by atoms with van der Waals surface area (Å²) >= 11 is 0. The van der Waals surface area contributed by atoms with Crippen molar-refractivity contribution in [2.75, 3.05) is 32.8 Å². The Kier molecular flexibility index (Phi) is 7.33. The van der Waals surface area contributed by atoms with E-state index in [1.54, 1.807) is 0 Å². The Morgan fingerprint density at radius 2 is 1.66 bits per heavy atom. The first kappa shape index (κ1) is 22.6. The van der Waals surface area contributed by atoms with E-state index in [4.69, 9.17) is 4.74 Å². The topological polar surface area (TPSA) is 79.0 Å². The lowest BCUT2D eigenvalue weighted by Gasteiger charge is -2.32. The number of rotatable bonds is 8. The Labute approximate surface area is 190 Å². The number of hydrogen-bond acceptors (Lipinski definition) is 4. The average molecular weight is 442 g/mol. The van der Waals surface area contributed by atoms with Crippen LogP contribution in [0.5, 0.6) is 5.75 Å². The van der Waals surface area contributed by atoms with E-state index in [9.17, 15) is 14.4 Å². The molecule has 0 spiro atoms. The van der Waals surface area contributed by atoms with Crippen LogP contribution in [0.25, 0.3) is 0 Å². The number of para-hydroxylation sites is 1. The monoisotopic (exact) mass is 441 g/mol. The van der Waals surface area contributed by atoms with E-state index in [1.807, 2.05) is 41.0 Å². The largest absolute Gasteiger partial charge is 0.483 e. The number of amides is 3. The third-order valence-electron chi connectivity index (χ3n) is 6.93. The minimum absolute atomic E-state index is 0.0156. The predicted molar refractivity (Wildman–Crippen MR) is 121 cm³/mol. The van der Waals surface area contributed by atoms with Crippen molar-refractivity contribution < 1.29 is 19.1 Å². The zero-order valence-electron chi connectivity index (χ0n) is 19.1. The summed E-state index contributed by atoms with van der Waals surface area (Å²) in [7, 11) is 0. The summed E-state index contributed by atoms with van der Waals surface area (Å²) < 4.78 is 5.90. The van der Waals surface area contributed by atoms with Gasteiger partial charge in [0.15, 0.2) is 6.61 Å². The molecule has 7 heteroatoms. The van der Waals surface area contributed by atoms with Crippen LogP contribution in [0.3, 0.4) is 0 Å². The molecule has 4 rings (SSSR count). The van der Waals surface area contributed by atoms with Gasteiger partial charge in [-0.25, -0.2) is 0 Å². The van der Waals surface area contributed by atoms with Crippen LogP contribution in [-0.2, 0) is 14.4 Å². The van der Waals surface area contributed by atoms with Crippen molar-refractivity contribution in [2.45, 2.75) is 57.9 Å². The fourth-order valence-electron chi connectivity index (χ4n) is 4.74. The van der Waals surface area contributed by atoms with E-state index in [0.717, 1.165) is 50.8 Å². The first-order valence-corrected chi connectivity index (χ1v) is 12.2. The lowest BCUT2D eigenvalue weighted by Crippen LogP contribution is -2.44. The van der Waals surface area contributed by atoms with Gasteiger partial charge in [0.25, 0.3) is 5.91 Å². The molecule has 2 saturated heterocycles. The molecule has 1 aromatic carbocycles. The van der Waals surface area contributed by atoms with Gasteiger partial charge in [0, 0.05) is 43.6 Å². The van der Waals surface area contributed by atoms with Gasteiger partial charge in [-0.1, -0.05) is 25.1 Å². The molecule has 2 heterocycles. The third kappa shape index (κ3) is 5.43. The second kappa shape index (κ2) is 10.4. The summed E-state index contributed by atoms with van der Waals surface area (Å²) in [5, 5.41) is 3.20. The highest BCUT2D eigenvalue weighted by atomic mass is 16.5. The van der Waals surface area contributed by atoms with Gasteiger partial charge >= 0.3 is 0 Å². The minimum Gasteiger partial charge on any atom is -0.483 e. The minimum atomic E-state index is -0.174. The molecule has 2 aliphatic heterocycles. The number of hydrogen-bond donors (Lipinski definition) is 1. The predicted octanol–water partition coefficient (Wildman–Crippen LogP) is 2.90. The maximum atomic E-state index is 13.0. The van der Waals surface area contributed by atoms with Crippen molar-refractivity contribution in [3.63, 3.8) is 0 Å². The molecule has 3 fully saturated rings. The van der Waals surface area contributed by atoms with Crippen LogP contribution in [-0.4, -0.2) is 60.3 Å². The van der Waals surface area contributed by atoms with Crippen molar-refractivity contribution in [3.8, 4) is 5.75 Å². The van der Waals surface area contributed by atoms with Gasteiger partial charge in [-0.05, 0) is 51.0 Å². The maximum Gasteiger partial charge on any atom is 0.260 e. The number of nitrogens with zero attached hydrogens (tertiary/aromatic N) is 2. The van der Waals surface area contributed by atoms with E-state index in [1.165, 1.54) is 0 Å². The van der Waals surface area contributed by atoms with Crippen molar-refractivity contribution in [2.24, 2.45) is 11.8 Å². The number of benzene rings is 1. The van der Waals surface area contributed by atoms with Crippen LogP contribution in [0.2, 0.25) is 0 Å². The van der Waals surface area contributed by atoms with Gasteiger partial charge < -0.3 is 19.9 Å². The Bertz CT molecular complexity index is 824. The maximum absolute atomic E-state index is 13.0. The van der Waals surface area contributed by atoms with Crippen LogP contribution in [0.15, 0.2) is 24.3 Å². The van der Waals surface area contributed by atoms with Gasteiger partial charge in [-0.2, -0.15) is 0 Å². The van der Waals surface area contributed by atoms with Crippen LogP contribution >= 0.6 is 0 Å². The van der Waals surface area contributed by atoms with E-state index in [-0.39, 0.29) is 42.2 Å². The van der Waals surface area contributed by atoms with Crippen molar-refractivity contribution in [3.05, 3.63) is 29.8 Å². The lowest BCUT2D eigenvalue weighted by molar-refractivity contribution is -0.136. The fourth-order valence-corrected chi connectivity index (χ4v) is 4.74. The molecular formula is C25H35N3O4. The van der Waals surface area contributed by atoms with E-state index in [2.05, 4.69) is 5.32 Å². The van der Waals surface area contributed by atoms with Crippen molar-refractivity contribution in [1.29, 1.82) is 0 Å². The molecule has 0 bridgehead atoms. The molecular weight excluding hydrogens is 406 g/mol. The molecule has 0 radical (unpaired) electrons. The van der Waals surface area contributed by atoms with Crippen LogP contribution in [0, 0.1) is 11.8 Å². The molecule has 1 atom stereocenters. The summed E-state index contributed by atoms with van der Waals surface area (Å²) in [6.07, 6.45) is 6.29. The molecule has 1 saturated carbocycles. The highest BCUT2D eigenvalue weighted by Gasteiger charge is 2.36. The average Bonchev–Trinajstić information content (AvgIpc) is 3.54. The lowest BCUT2D eigenvalue weighted by atomic mass is 9.94. The number of carbonyl (C=O) groups excluding carboxylic acids is 3. The smallest absolute Gasteiger partial charge is 0.260 e. The number of likely N-dealkylation sites (tertiary alicyclic amines) is 2. The van der Waals surface area contributed by atoms with E-state index in [0.29, 0.717) is 31.7 Å². The first-order chi connectivity index (χ1) is 15.6. The van der Waals surface area contributed by atoms with Gasteiger partial charge in [0.2, 0.25) is 11.8 Å². The Balaban J connectivity index is 1.32. The molecule has 7 nitrogen and oxygen atoms in total. The third-order valence-corrected chi connectivity index (χ3v) is 6.93. The van der Waals surface area contributed by atoms with E-state index < -0.39 is 0 Å².